The van der Waals surface area contributed by atoms with E-state index in [1.807, 2.05) is 18.2 Å². The molecule has 0 unspecified atom stereocenters. The molecule has 1 aromatic carbocycles. The summed E-state index contributed by atoms with van der Waals surface area (Å²) >= 11 is 0. The van der Waals surface area contributed by atoms with Crippen molar-refractivity contribution >= 4 is 21.8 Å². The van der Waals surface area contributed by atoms with Crippen molar-refractivity contribution in [1.82, 2.24) is 9.29 Å². The van der Waals surface area contributed by atoms with Crippen molar-refractivity contribution in [2.75, 3.05) is 44.5 Å². The SMILES string of the molecule is COC(=O)c1ccc(N2CCC(CCCOc3ccc4c(c3)CCN(S(C)(=O)=O)C4)CC2)nc1. The number of esters is 1. The Hall–Kier alpha value is -2.65. The maximum Gasteiger partial charge on any atom is 0.339 e. The number of fused-ring (bicyclic) bond motifs is 1. The van der Waals surface area contributed by atoms with Gasteiger partial charge in [0.25, 0.3) is 0 Å². The number of carbonyl (C=O) groups excluding carboxylic acids is 1. The fraction of sp³-hybridized carbons (Fsp3) is 0.520. The van der Waals surface area contributed by atoms with Gasteiger partial charge in [-0.3, -0.25) is 0 Å². The lowest BCUT2D eigenvalue weighted by molar-refractivity contribution is 0.0600. The topological polar surface area (TPSA) is 89.0 Å². The van der Waals surface area contributed by atoms with Crippen molar-refractivity contribution in [3.63, 3.8) is 0 Å². The second kappa shape index (κ2) is 10.7. The molecule has 0 spiro atoms. The van der Waals surface area contributed by atoms with Crippen LogP contribution >= 0.6 is 0 Å². The molecule has 184 valence electrons. The van der Waals surface area contributed by atoms with Gasteiger partial charge in [0, 0.05) is 32.4 Å². The van der Waals surface area contributed by atoms with Crippen LogP contribution in [-0.4, -0.2) is 63.3 Å². The molecule has 1 aromatic heterocycles. The smallest absolute Gasteiger partial charge is 0.339 e. The Morgan fingerprint density at radius 1 is 1.12 bits per heavy atom. The summed E-state index contributed by atoms with van der Waals surface area (Å²) in [6.45, 7) is 3.58. The number of hydrogen-bond donors (Lipinski definition) is 0. The van der Waals surface area contributed by atoms with Crippen LogP contribution in [0, 0.1) is 5.92 Å². The molecular weight excluding hydrogens is 454 g/mol. The van der Waals surface area contributed by atoms with Crippen molar-refractivity contribution in [1.29, 1.82) is 0 Å². The van der Waals surface area contributed by atoms with Gasteiger partial charge >= 0.3 is 5.97 Å². The van der Waals surface area contributed by atoms with Gasteiger partial charge in [0.05, 0.1) is 25.5 Å². The summed E-state index contributed by atoms with van der Waals surface area (Å²) in [5.74, 6) is 2.08. The van der Waals surface area contributed by atoms with Crippen LogP contribution in [0.15, 0.2) is 36.5 Å². The van der Waals surface area contributed by atoms with E-state index in [4.69, 9.17) is 9.47 Å². The molecular formula is C25H33N3O5S. The maximum atomic E-state index is 11.8. The molecule has 1 saturated heterocycles. The maximum absolute atomic E-state index is 11.8. The minimum Gasteiger partial charge on any atom is -0.494 e. The van der Waals surface area contributed by atoms with Crippen LogP contribution in [-0.2, 0) is 27.7 Å². The molecule has 0 N–H and O–H groups in total. The zero-order valence-electron chi connectivity index (χ0n) is 19.9. The first-order chi connectivity index (χ1) is 16.3. The number of methoxy groups -OCH3 is 1. The van der Waals surface area contributed by atoms with Gasteiger partial charge in [0.15, 0.2) is 0 Å². The summed E-state index contributed by atoms with van der Waals surface area (Å²) in [7, 11) is -1.78. The average Bonchev–Trinajstić information content (AvgIpc) is 2.85. The molecule has 1 fully saturated rings. The number of hydrogen-bond acceptors (Lipinski definition) is 7. The van der Waals surface area contributed by atoms with Gasteiger partial charge in [0.1, 0.15) is 11.6 Å². The van der Waals surface area contributed by atoms with Crippen LogP contribution in [0.25, 0.3) is 0 Å². The summed E-state index contributed by atoms with van der Waals surface area (Å²) in [6, 6.07) is 9.65. The molecule has 9 heteroatoms. The monoisotopic (exact) mass is 487 g/mol. The molecule has 3 heterocycles. The molecule has 0 saturated carbocycles. The van der Waals surface area contributed by atoms with Crippen LogP contribution in [0.2, 0.25) is 0 Å². The van der Waals surface area contributed by atoms with Crippen molar-refractivity contribution < 1.29 is 22.7 Å². The van der Waals surface area contributed by atoms with Crippen LogP contribution in [0.3, 0.4) is 0 Å². The molecule has 4 rings (SSSR count). The Balaban J connectivity index is 1.18. The van der Waals surface area contributed by atoms with Crippen molar-refractivity contribution in [3.05, 3.63) is 53.2 Å². The number of sulfonamides is 1. The molecule has 0 amide bonds. The van der Waals surface area contributed by atoms with Crippen molar-refractivity contribution in [3.8, 4) is 5.75 Å². The molecule has 8 nitrogen and oxygen atoms in total. The van der Waals surface area contributed by atoms with Gasteiger partial charge < -0.3 is 14.4 Å². The highest BCUT2D eigenvalue weighted by Crippen LogP contribution is 2.27. The zero-order chi connectivity index (χ0) is 24.1. The van der Waals surface area contributed by atoms with Crippen LogP contribution in [0.1, 0.15) is 47.2 Å². The van der Waals surface area contributed by atoms with E-state index in [1.165, 1.54) is 23.2 Å². The largest absolute Gasteiger partial charge is 0.494 e. The van der Waals surface area contributed by atoms with E-state index in [0.717, 1.165) is 62.3 Å². The van der Waals surface area contributed by atoms with Gasteiger partial charge in [-0.25, -0.2) is 18.2 Å². The van der Waals surface area contributed by atoms with E-state index in [2.05, 4.69) is 16.0 Å². The molecule has 0 aliphatic carbocycles. The predicted molar refractivity (Wildman–Crippen MR) is 131 cm³/mol. The quantitative estimate of drug-likeness (QED) is 0.417. The number of aromatic nitrogens is 1. The standard InChI is InChI=1S/C25H33N3O5S/c1-32-25(29)21-6-8-24(26-17-21)27-12-9-19(10-13-27)4-3-15-33-23-7-5-22-18-28(34(2,30)31)14-11-20(22)16-23/h5-8,16-17,19H,3-4,9-15,18H2,1-2H3. The number of piperidine rings is 1. The second-order valence-corrected chi connectivity index (χ2v) is 11.1. The van der Waals surface area contributed by atoms with Gasteiger partial charge in [-0.1, -0.05) is 6.07 Å². The zero-order valence-corrected chi connectivity index (χ0v) is 20.7. The molecule has 2 aliphatic heterocycles. The summed E-state index contributed by atoms with van der Waals surface area (Å²) in [5, 5.41) is 0. The molecule has 34 heavy (non-hydrogen) atoms. The molecule has 0 radical (unpaired) electrons. The fourth-order valence-corrected chi connectivity index (χ4v) is 5.50. The van der Waals surface area contributed by atoms with Crippen molar-refractivity contribution in [2.45, 2.75) is 38.6 Å². The average molecular weight is 488 g/mol. The summed E-state index contributed by atoms with van der Waals surface area (Å²) < 4.78 is 35.8. The van der Waals surface area contributed by atoms with Gasteiger partial charge in [-0.05, 0) is 73.4 Å². The summed E-state index contributed by atoms with van der Waals surface area (Å²) in [5.41, 5.74) is 2.71. The third-order valence-electron chi connectivity index (χ3n) is 6.76. The first-order valence-corrected chi connectivity index (χ1v) is 13.7. The van der Waals surface area contributed by atoms with E-state index in [-0.39, 0.29) is 5.97 Å². The minimum atomic E-state index is -3.15. The Bertz CT molecular complexity index is 1100. The predicted octanol–water partition coefficient (Wildman–Crippen LogP) is 3.26. The van der Waals surface area contributed by atoms with E-state index in [1.54, 1.807) is 12.3 Å². The number of benzene rings is 1. The molecule has 0 bridgehead atoms. The highest BCUT2D eigenvalue weighted by Gasteiger charge is 2.23. The number of rotatable bonds is 8. The lowest BCUT2D eigenvalue weighted by Gasteiger charge is -2.32. The van der Waals surface area contributed by atoms with E-state index in [9.17, 15) is 13.2 Å². The third-order valence-corrected chi connectivity index (χ3v) is 8.01. The van der Waals surface area contributed by atoms with Gasteiger partial charge in [-0.2, -0.15) is 4.31 Å². The van der Waals surface area contributed by atoms with Gasteiger partial charge in [-0.15, -0.1) is 0 Å². The Morgan fingerprint density at radius 3 is 2.59 bits per heavy atom. The minimum absolute atomic E-state index is 0.367. The number of ether oxygens (including phenoxy) is 2. The van der Waals surface area contributed by atoms with Gasteiger partial charge in [0.2, 0.25) is 10.0 Å². The Kier molecular flexibility index (Phi) is 7.73. The molecule has 2 aromatic rings. The summed E-state index contributed by atoms with van der Waals surface area (Å²) in [4.78, 5) is 18.3. The lowest BCUT2D eigenvalue weighted by atomic mass is 9.92. The van der Waals surface area contributed by atoms with E-state index < -0.39 is 10.0 Å². The Morgan fingerprint density at radius 2 is 1.91 bits per heavy atom. The first kappa shape index (κ1) is 24.5. The van der Waals surface area contributed by atoms with Crippen molar-refractivity contribution in [2.24, 2.45) is 5.92 Å². The number of carbonyl (C=O) groups is 1. The highest BCUT2D eigenvalue weighted by atomic mass is 32.2. The molecule has 2 aliphatic rings. The van der Waals surface area contributed by atoms with E-state index in [0.29, 0.717) is 31.2 Å². The fourth-order valence-electron chi connectivity index (χ4n) is 4.70. The lowest BCUT2D eigenvalue weighted by Crippen LogP contribution is -2.35. The normalized spacial score (nSPS) is 17.3. The third kappa shape index (κ3) is 6.07. The summed E-state index contributed by atoms with van der Waals surface area (Å²) in [6.07, 6.45) is 7.95. The molecule has 0 atom stereocenters. The number of nitrogens with zero attached hydrogens (tertiary/aromatic N) is 3. The van der Waals surface area contributed by atoms with Crippen LogP contribution in [0.4, 0.5) is 5.82 Å². The number of anilines is 1. The van der Waals surface area contributed by atoms with Crippen LogP contribution in [0.5, 0.6) is 5.75 Å². The second-order valence-electron chi connectivity index (χ2n) is 9.09. The van der Waals surface area contributed by atoms with E-state index >= 15 is 0 Å². The Labute approximate surface area is 201 Å². The number of pyridine rings is 1. The van der Waals surface area contributed by atoms with Crippen LogP contribution < -0.4 is 9.64 Å². The first-order valence-electron chi connectivity index (χ1n) is 11.8. The highest BCUT2D eigenvalue weighted by molar-refractivity contribution is 7.88.